The molecule has 2 aliphatic rings. The van der Waals surface area contributed by atoms with Gasteiger partial charge in [-0.05, 0) is 0 Å². The molecule has 0 unspecified atom stereocenters. The van der Waals surface area contributed by atoms with Crippen LogP contribution in [0.3, 0.4) is 0 Å². The molecule has 11 nitrogen and oxygen atoms in total. The number of pyridine rings is 1. The second kappa shape index (κ2) is 13.4. The number of aromatic nitrogens is 1. The Labute approximate surface area is 228 Å². The van der Waals surface area contributed by atoms with Crippen LogP contribution in [-0.4, -0.2) is 97.8 Å². The standard InChI is InChI=1S/C27H32N5O6P/c1-3-38-27(35)31-13-11-30(12-14-31)26(34)24(18-39-36)29-25(33)23-16-20(32-10-9-21(17-32)37-2)15-22(28-23)19-7-5-4-6-8-19/h4-8,15-16,21,24H,3,9-14,17H2,1-2H3,(H,29,33)/t21-,24+/m0/s1. The van der Waals surface area contributed by atoms with Crippen molar-refractivity contribution in [2.75, 3.05) is 57.9 Å². The van der Waals surface area contributed by atoms with E-state index >= 15 is 0 Å². The average molecular weight is 554 g/mol. The molecule has 4 rings (SSSR count). The molecule has 0 bridgehead atoms. The predicted octanol–water partition coefficient (Wildman–Crippen LogP) is 2.62. The van der Waals surface area contributed by atoms with E-state index < -0.39 is 31.9 Å². The SMILES string of the molecule is CCOC(=O)N1CCN(C(=O)[C@@H](C#P=O)NC(=O)c2cc(N3CC[C@H](OC)C3)cc(-c3ccccc3)n2)CC1. The molecule has 2 aromatic rings. The summed E-state index contributed by atoms with van der Waals surface area (Å²) in [6, 6.07) is 11.9. The van der Waals surface area contributed by atoms with Crippen molar-refractivity contribution < 1.29 is 28.4 Å². The monoisotopic (exact) mass is 553 g/mol. The zero-order valence-corrected chi connectivity index (χ0v) is 22.9. The summed E-state index contributed by atoms with van der Waals surface area (Å²) in [6.07, 6.45) is 0.538. The van der Waals surface area contributed by atoms with Gasteiger partial charge in [0, 0.05) is 0 Å². The number of ether oxygens (including phenoxy) is 2. The van der Waals surface area contributed by atoms with Crippen LogP contribution in [0.1, 0.15) is 23.8 Å². The normalized spacial score (nSPS) is 17.8. The molecular formula is C27H32N5O6P. The molecule has 0 saturated carbocycles. The molecule has 0 radical (unpaired) electrons. The molecule has 39 heavy (non-hydrogen) atoms. The Kier molecular flexibility index (Phi) is 9.76. The van der Waals surface area contributed by atoms with Crippen molar-refractivity contribution in [3.8, 4) is 16.9 Å². The zero-order chi connectivity index (χ0) is 27.8. The van der Waals surface area contributed by atoms with Crippen molar-refractivity contribution in [3.63, 3.8) is 0 Å². The zero-order valence-electron chi connectivity index (χ0n) is 22.0. The Hall–Kier alpha value is -3.65. The van der Waals surface area contributed by atoms with Crippen LogP contribution < -0.4 is 10.2 Å². The van der Waals surface area contributed by atoms with Crippen LogP contribution in [0, 0.1) is 5.63 Å². The van der Waals surface area contributed by atoms with Gasteiger partial charge in [0.25, 0.3) is 0 Å². The van der Waals surface area contributed by atoms with E-state index in [1.165, 1.54) is 9.80 Å². The number of hydrogen-bond donors (Lipinski definition) is 1. The fourth-order valence-electron chi connectivity index (χ4n) is 4.64. The van der Waals surface area contributed by atoms with Gasteiger partial charge in [-0.1, -0.05) is 0 Å². The number of rotatable bonds is 7. The Bertz CT molecular complexity index is 1300. The first-order valence-corrected chi connectivity index (χ1v) is 13.7. The van der Waals surface area contributed by atoms with Crippen LogP contribution in [0.15, 0.2) is 42.5 Å². The van der Waals surface area contributed by atoms with Gasteiger partial charge in [-0.15, -0.1) is 0 Å². The maximum atomic E-state index is 13.4. The van der Waals surface area contributed by atoms with Gasteiger partial charge in [0.15, 0.2) is 0 Å². The van der Waals surface area contributed by atoms with Gasteiger partial charge >= 0.3 is 228 Å². The van der Waals surface area contributed by atoms with Gasteiger partial charge in [0.1, 0.15) is 0 Å². The molecule has 1 aromatic heterocycles. The minimum absolute atomic E-state index is 0.0992. The van der Waals surface area contributed by atoms with E-state index in [0.717, 1.165) is 24.2 Å². The van der Waals surface area contributed by atoms with E-state index in [2.05, 4.69) is 20.8 Å². The minimum atomic E-state index is -1.25. The van der Waals surface area contributed by atoms with Gasteiger partial charge < -0.3 is 0 Å². The summed E-state index contributed by atoms with van der Waals surface area (Å²) >= 11 is 0. The number of amides is 3. The van der Waals surface area contributed by atoms with Crippen molar-refractivity contribution in [3.05, 3.63) is 48.2 Å². The summed E-state index contributed by atoms with van der Waals surface area (Å²) in [5, 5.41) is 2.64. The molecule has 0 aliphatic carbocycles. The van der Waals surface area contributed by atoms with Crippen molar-refractivity contribution in [1.29, 1.82) is 0 Å². The van der Waals surface area contributed by atoms with E-state index in [-0.39, 0.29) is 31.5 Å². The molecule has 2 fully saturated rings. The third-order valence-corrected chi connectivity index (χ3v) is 7.14. The van der Waals surface area contributed by atoms with Crippen molar-refractivity contribution >= 4 is 31.5 Å². The summed E-state index contributed by atoms with van der Waals surface area (Å²) in [6.45, 7) is 4.55. The molecule has 206 valence electrons. The van der Waals surface area contributed by atoms with E-state index in [4.69, 9.17) is 9.47 Å². The number of hydrogen-bond acceptors (Lipinski definition) is 8. The van der Waals surface area contributed by atoms with Crippen LogP contribution >= 0.6 is 7.92 Å². The van der Waals surface area contributed by atoms with E-state index in [1.807, 2.05) is 36.4 Å². The molecule has 2 atom stereocenters. The number of benzene rings is 1. The van der Waals surface area contributed by atoms with Crippen LogP contribution in [0.25, 0.3) is 11.3 Å². The van der Waals surface area contributed by atoms with Crippen molar-refractivity contribution in [2.24, 2.45) is 0 Å². The van der Waals surface area contributed by atoms with Gasteiger partial charge in [-0.3, -0.25) is 0 Å². The fraction of sp³-hybridized carbons (Fsp3) is 0.444. The molecule has 3 heterocycles. The topological polar surface area (TPSA) is 121 Å². The van der Waals surface area contributed by atoms with Crippen LogP contribution in [0.2, 0.25) is 0 Å². The van der Waals surface area contributed by atoms with Gasteiger partial charge in [0.05, 0.1) is 0 Å². The number of nitrogens with zero attached hydrogens (tertiary/aromatic N) is 4. The van der Waals surface area contributed by atoms with Crippen LogP contribution in [-0.2, 0) is 18.8 Å². The van der Waals surface area contributed by atoms with Crippen LogP contribution in [0.5, 0.6) is 0 Å². The number of carbonyl (C=O) groups is 3. The molecule has 1 N–H and O–H groups in total. The first kappa shape index (κ1) is 28.4. The van der Waals surface area contributed by atoms with E-state index in [0.29, 0.717) is 25.3 Å². The van der Waals surface area contributed by atoms with Crippen LogP contribution in [0.4, 0.5) is 10.5 Å². The molecule has 3 amide bonds. The predicted molar refractivity (Wildman–Crippen MR) is 145 cm³/mol. The third kappa shape index (κ3) is 7.06. The van der Waals surface area contributed by atoms with Gasteiger partial charge in [0.2, 0.25) is 0 Å². The molecule has 2 aliphatic heterocycles. The molecule has 0 spiro atoms. The number of nitrogens with one attached hydrogen (secondary N) is 1. The molecule has 12 heteroatoms. The Balaban J connectivity index is 1.53. The Morgan fingerprint density at radius 3 is 2.46 bits per heavy atom. The summed E-state index contributed by atoms with van der Waals surface area (Å²) in [7, 11) is 1.17. The summed E-state index contributed by atoms with van der Waals surface area (Å²) in [5.41, 5.74) is 4.91. The average Bonchev–Trinajstić information content (AvgIpc) is 3.46. The van der Waals surface area contributed by atoms with Crippen molar-refractivity contribution in [1.82, 2.24) is 20.1 Å². The third-order valence-electron chi connectivity index (χ3n) is 6.78. The number of carbonyl (C=O) groups excluding carboxylic acids is 3. The molecule has 1 aromatic carbocycles. The van der Waals surface area contributed by atoms with Gasteiger partial charge in [-0.25, -0.2) is 0 Å². The second-order valence-electron chi connectivity index (χ2n) is 9.19. The number of piperazine rings is 1. The van der Waals surface area contributed by atoms with E-state index in [1.54, 1.807) is 20.1 Å². The quantitative estimate of drug-likeness (QED) is 0.520. The fourth-order valence-corrected chi connectivity index (χ4v) is 4.92. The number of methoxy groups -OCH3 is 1. The first-order valence-electron chi connectivity index (χ1n) is 12.9. The van der Waals surface area contributed by atoms with Crippen molar-refractivity contribution in [2.45, 2.75) is 25.5 Å². The Morgan fingerprint density at radius 1 is 1.10 bits per heavy atom. The maximum absolute atomic E-state index is 13.4. The number of anilines is 1. The summed E-state index contributed by atoms with van der Waals surface area (Å²) in [4.78, 5) is 48.3. The summed E-state index contributed by atoms with van der Waals surface area (Å²) < 4.78 is 21.9. The van der Waals surface area contributed by atoms with Gasteiger partial charge in [-0.2, -0.15) is 0 Å². The summed E-state index contributed by atoms with van der Waals surface area (Å²) in [5.74, 6) is -1.05. The Morgan fingerprint density at radius 2 is 1.82 bits per heavy atom. The van der Waals surface area contributed by atoms with E-state index in [9.17, 15) is 18.9 Å². The molecule has 2 saturated heterocycles. The first-order chi connectivity index (χ1) is 18.9. The second-order valence-corrected chi connectivity index (χ2v) is 9.63. The molecular weight excluding hydrogens is 521 g/mol.